The lowest BCUT2D eigenvalue weighted by Gasteiger charge is -2.30. The maximum Gasteiger partial charge on any atom is 0.309 e. The van der Waals surface area contributed by atoms with Gasteiger partial charge in [0, 0.05) is 12.4 Å². The zero-order chi connectivity index (χ0) is 12.0. The minimum atomic E-state index is -0.0432. The minimum absolute atomic E-state index is 0.0432. The molecule has 0 N–H and O–H groups in total. The van der Waals surface area contributed by atoms with Gasteiger partial charge < -0.3 is 4.74 Å². The molecule has 0 bridgehead atoms. The average molecular weight is 246 g/mol. The van der Waals surface area contributed by atoms with Crippen molar-refractivity contribution in [2.45, 2.75) is 19.8 Å². The normalized spacial score (nSPS) is 18.4. The van der Waals surface area contributed by atoms with Crippen molar-refractivity contribution in [2.75, 3.05) is 32.1 Å². The molecule has 0 aliphatic carbocycles. The fourth-order valence-electron chi connectivity index (χ4n) is 1.95. The summed E-state index contributed by atoms with van der Waals surface area (Å²) in [6, 6.07) is 0. The van der Waals surface area contributed by atoms with Gasteiger partial charge in [-0.05, 0) is 38.4 Å². The fourth-order valence-corrected chi connectivity index (χ4v) is 2.03. The number of nitrogens with zero attached hydrogens (tertiary/aromatic N) is 1. The first kappa shape index (κ1) is 13.5. The maximum atomic E-state index is 11.5. The Morgan fingerprint density at radius 1 is 1.50 bits per heavy atom. The lowest BCUT2D eigenvalue weighted by Crippen LogP contribution is -2.38. The molecule has 0 saturated carbocycles. The molecular weight excluding hydrogens is 226 g/mol. The summed E-state index contributed by atoms with van der Waals surface area (Å²) in [5, 5.41) is 0. The molecule has 1 saturated heterocycles. The largest absolute Gasteiger partial charge is 0.466 e. The smallest absolute Gasteiger partial charge is 0.309 e. The van der Waals surface area contributed by atoms with E-state index in [1.807, 2.05) is 6.92 Å². The number of carbonyl (C=O) groups excluding carboxylic acids is 1. The standard InChI is InChI=1S/C12H20ClNO2/c1-3-16-12(15)11-4-6-14(7-5-11)9-10(2)8-13/h11H,2-9H2,1H3. The molecule has 0 spiro atoms. The minimum Gasteiger partial charge on any atom is -0.466 e. The number of alkyl halides is 1. The van der Waals surface area contributed by atoms with Crippen molar-refractivity contribution in [3.05, 3.63) is 12.2 Å². The first-order chi connectivity index (χ1) is 7.67. The lowest BCUT2D eigenvalue weighted by atomic mass is 9.97. The van der Waals surface area contributed by atoms with Crippen LogP contribution in [0.3, 0.4) is 0 Å². The summed E-state index contributed by atoms with van der Waals surface area (Å²) in [5.41, 5.74) is 1.04. The van der Waals surface area contributed by atoms with Gasteiger partial charge >= 0.3 is 5.97 Å². The molecule has 0 aromatic heterocycles. The average Bonchev–Trinajstić information content (AvgIpc) is 2.30. The van der Waals surface area contributed by atoms with E-state index in [4.69, 9.17) is 16.3 Å². The quantitative estimate of drug-likeness (QED) is 0.422. The number of carbonyl (C=O) groups is 1. The van der Waals surface area contributed by atoms with Gasteiger partial charge in [0.15, 0.2) is 0 Å². The molecule has 0 aromatic carbocycles. The number of likely N-dealkylation sites (tertiary alicyclic amines) is 1. The van der Waals surface area contributed by atoms with Crippen LogP contribution in [0.5, 0.6) is 0 Å². The van der Waals surface area contributed by atoms with Crippen molar-refractivity contribution in [1.82, 2.24) is 4.90 Å². The van der Waals surface area contributed by atoms with E-state index in [-0.39, 0.29) is 11.9 Å². The summed E-state index contributed by atoms with van der Waals surface area (Å²) in [5.74, 6) is 0.552. The van der Waals surface area contributed by atoms with Crippen LogP contribution in [0.15, 0.2) is 12.2 Å². The molecule has 0 amide bonds. The fraction of sp³-hybridized carbons (Fsp3) is 0.750. The van der Waals surface area contributed by atoms with Crippen LogP contribution >= 0.6 is 11.6 Å². The summed E-state index contributed by atoms with van der Waals surface area (Å²) >= 11 is 5.69. The Bertz CT molecular complexity index is 247. The Morgan fingerprint density at radius 2 is 2.12 bits per heavy atom. The zero-order valence-corrected chi connectivity index (χ0v) is 10.6. The van der Waals surface area contributed by atoms with Crippen molar-refractivity contribution in [3.8, 4) is 0 Å². The predicted octanol–water partition coefficient (Wildman–Crippen LogP) is 2.06. The van der Waals surface area contributed by atoms with Crippen LogP contribution in [0, 0.1) is 5.92 Å². The Morgan fingerprint density at radius 3 is 2.62 bits per heavy atom. The highest BCUT2D eigenvalue weighted by atomic mass is 35.5. The molecule has 1 aliphatic heterocycles. The van der Waals surface area contributed by atoms with E-state index in [2.05, 4.69) is 11.5 Å². The van der Waals surface area contributed by atoms with Gasteiger partial charge in [0.1, 0.15) is 0 Å². The van der Waals surface area contributed by atoms with Crippen LogP contribution in [0.1, 0.15) is 19.8 Å². The SMILES string of the molecule is C=C(CCl)CN1CCC(C(=O)OCC)CC1. The van der Waals surface area contributed by atoms with E-state index in [0.717, 1.165) is 38.0 Å². The third kappa shape index (κ3) is 4.14. The highest BCUT2D eigenvalue weighted by Crippen LogP contribution is 2.19. The van der Waals surface area contributed by atoms with Crippen LogP contribution in [0.2, 0.25) is 0 Å². The lowest BCUT2D eigenvalue weighted by molar-refractivity contribution is -0.149. The van der Waals surface area contributed by atoms with E-state index < -0.39 is 0 Å². The molecule has 0 aromatic rings. The third-order valence-electron chi connectivity index (χ3n) is 2.84. The Hall–Kier alpha value is -0.540. The second-order valence-corrected chi connectivity index (χ2v) is 4.45. The molecule has 0 unspecified atom stereocenters. The van der Waals surface area contributed by atoms with E-state index >= 15 is 0 Å². The molecule has 4 heteroatoms. The van der Waals surface area contributed by atoms with Crippen LogP contribution < -0.4 is 0 Å². The number of halogens is 1. The van der Waals surface area contributed by atoms with Gasteiger partial charge in [0.05, 0.1) is 12.5 Å². The number of ether oxygens (including phenoxy) is 1. The molecule has 0 radical (unpaired) electrons. The van der Waals surface area contributed by atoms with Gasteiger partial charge in [-0.3, -0.25) is 9.69 Å². The molecule has 92 valence electrons. The van der Waals surface area contributed by atoms with Gasteiger partial charge in [-0.15, -0.1) is 11.6 Å². The summed E-state index contributed by atoms with van der Waals surface area (Å²) < 4.78 is 5.02. The topological polar surface area (TPSA) is 29.5 Å². The molecular formula is C12H20ClNO2. The Labute approximate surface area is 102 Å². The molecule has 3 nitrogen and oxygen atoms in total. The summed E-state index contributed by atoms with van der Waals surface area (Å²) in [6.45, 7) is 8.91. The molecule has 0 atom stereocenters. The number of rotatable bonds is 5. The predicted molar refractivity (Wildman–Crippen MR) is 65.7 cm³/mol. The molecule has 1 heterocycles. The summed E-state index contributed by atoms with van der Waals surface area (Å²) in [7, 11) is 0. The van der Waals surface area contributed by atoms with Crippen molar-refractivity contribution >= 4 is 17.6 Å². The number of esters is 1. The zero-order valence-electron chi connectivity index (χ0n) is 9.88. The van der Waals surface area contributed by atoms with Gasteiger partial charge in [-0.25, -0.2) is 0 Å². The van der Waals surface area contributed by atoms with Gasteiger partial charge in [0.2, 0.25) is 0 Å². The van der Waals surface area contributed by atoms with Crippen LogP contribution in [-0.4, -0.2) is 43.0 Å². The molecule has 1 fully saturated rings. The van der Waals surface area contributed by atoms with Crippen LogP contribution in [0.4, 0.5) is 0 Å². The molecule has 16 heavy (non-hydrogen) atoms. The number of hydrogen-bond donors (Lipinski definition) is 0. The Balaban J connectivity index is 2.28. The van der Waals surface area contributed by atoms with Gasteiger partial charge in [-0.2, -0.15) is 0 Å². The first-order valence-electron chi connectivity index (χ1n) is 5.79. The number of hydrogen-bond acceptors (Lipinski definition) is 3. The summed E-state index contributed by atoms with van der Waals surface area (Å²) in [4.78, 5) is 13.8. The highest BCUT2D eigenvalue weighted by molar-refractivity contribution is 6.19. The number of piperidine rings is 1. The van der Waals surface area contributed by atoms with E-state index in [1.165, 1.54) is 0 Å². The molecule has 1 rings (SSSR count). The van der Waals surface area contributed by atoms with Crippen molar-refractivity contribution in [1.29, 1.82) is 0 Å². The van der Waals surface area contributed by atoms with E-state index in [1.54, 1.807) is 0 Å². The van der Waals surface area contributed by atoms with Crippen LogP contribution in [-0.2, 0) is 9.53 Å². The summed E-state index contributed by atoms with van der Waals surface area (Å²) in [6.07, 6.45) is 1.77. The monoisotopic (exact) mass is 245 g/mol. The van der Waals surface area contributed by atoms with Crippen LogP contribution in [0.25, 0.3) is 0 Å². The highest BCUT2D eigenvalue weighted by Gasteiger charge is 2.25. The van der Waals surface area contributed by atoms with Crippen molar-refractivity contribution in [3.63, 3.8) is 0 Å². The second-order valence-electron chi connectivity index (χ2n) is 4.19. The maximum absolute atomic E-state index is 11.5. The van der Waals surface area contributed by atoms with E-state index in [9.17, 15) is 4.79 Å². The van der Waals surface area contributed by atoms with E-state index in [0.29, 0.717) is 12.5 Å². The second kappa shape index (κ2) is 6.92. The van der Waals surface area contributed by atoms with Crippen molar-refractivity contribution < 1.29 is 9.53 Å². The van der Waals surface area contributed by atoms with Gasteiger partial charge in [0.25, 0.3) is 0 Å². The first-order valence-corrected chi connectivity index (χ1v) is 6.32. The van der Waals surface area contributed by atoms with Gasteiger partial charge in [-0.1, -0.05) is 6.58 Å². The van der Waals surface area contributed by atoms with Crippen molar-refractivity contribution in [2.24, 2.45) is 5.92 Å². The third-order valence-corrected chi connectivity index (χ3v) is 3.22. The molecule has 1 aliphatic rings. The Kier molecular flexibility index (Phi) is 5.85.